The molecule has 1 aromatic carbocycles. The van der Waals surface area contributed by atoms with Crippen LogP contribution in [-0.4, -0.2) is 46.5 Å². The van der Waals surface area contributed by atoms with Crippen molar-refractivity contribution in [3.05, 3.63) is 46.2 Å². The lowest BCUT2D eigenvalue weighted by molar-refractivity contribution is -0.142. The van der Waals surface area contributed by atoms with Crippen LogP contribution in [0.1, 0.15) is 40.4 Å². The number of nitrogens with one attached hydrogen (secondary N) is 1. The second kappa shape index (κ2) is 7.88. The molecule has 1 fully saturated rings. The number of nitrogens with zero attached hydrogens (tertiary/aromatic N) is 2. The van der Waals surface area contributed by atoms with Crippen molar-refractivity contribution in [2.24, 2.45) is 0 Å². The number of halogens is 1. The SMILES string of the molecule is Cc1ccc(-n2ncc(C(=O)NCCOCC(=O)O)c2C2CC2)cc1Cl. The van der Waals surface area contributed by atoms with Crippen molar-refractivity contribution < 1.29 is 19.4 Å². The first-order valence-corrected chi connectivity index (χ1v) is 8.77. The van der Waals surface area contributed by atoms with Crippen molar-refractivity contribution in [1.29, 1.82) is 0 Å². The van der Waals surface area contributed by atoms with Gasteiger partial charge >= 0.3 is 5.97 Å². The van der Waals surface area contributed by atoms with Gasteiger partial charge in [-0.15, -0.1) is 0 Å². The summed E-state index contributed by atoms with van der Waals surface area (Å²) in [4.78, 5) is 22.9. The Morgan fingerprint density at radius 3 is 2.85 bits per heavy atom. The third-order valence-corrected chi connectivity index (χ3v) is 4.58. The van der Waals surface area contributed by atoms with E-state index in [1.54, 1.807) is 10.9 Å². The zero-order valence-corrected chi connectivity index (χ0v) is 15.1. The number of carboxylic acids is 1. The number of hydrogen-bond acceptors (Lipinski definition) is 4. The number of carbonyl (C=O) groups is 2. The Bertz CT molecular complexity index is 830. The first-order valence-electron chi connectivity index (χ1n) is 8.39. The van der Waals surface area contributed by atoms with Gasteiger partial charge in [0.05, 0.1) is 29.7 Å². The lowest BCUT2D eigenvalue weighted by Crippen LogP contribution is -2.28. The molecule has 1 aliphatic rings. The highest BCUT2D eigenvalue weighted by atomic mass is 35.5. The third-order valence-electron chi connectivity index (χ3n) is 4.17. The van der Waals surface area contributed by atoms with Gasteiger partial charge in [0, 0.05) is 17.5 Å². The molecule has 2 N–H and O–H groups in total. The van der Waals surface area contributed by atoms with Gasteiger partial charge < -0.3 is 15.2 Å². The number of rotatable bonds is 8. The minimum absolute atomic E-state index is 0.137. The predicted molar refractivity (Wildman–Crippen MR) is 96.1 cm³/mol. The number of ether oxygens (including phenoxy) is 1. The number of carbonyl (C=O) groups excluding carboxylic acids is 1. The normalized spacial score (nSPS) is 13.6. The molecule has 1 amide bonds. The molecule has 1 heterocycles. The van der Waals surface area contributed by atoms with Gasteiger partial charge in [0.15, 0.2) is 0 Å². The fraction of sp³-hybridized carbons (Fsp3) is 0.389. The Morgan fingerprint density at radius 2 is 2.19 bits per heavy atom. The van der Waals surface area contributed by atoms with Crippen molar-refractivity contribution in [2.75, 3.05) is 19.8 Å². The van der Waals surface area contributed by atoms with E-state index >= 15 is 0 Å². The summed E-state index contributed by atoms with van der Waals surface area (Å²) in [7, 11) is 0. The van der Waals surface area contributed by atoms with E-state index in [1.165, 1.54) is 0 Å². The van der Waals surface area contributed by atoms with Gasteiger partial charge in [-0.25, -0.2) is 9.48 Å². The summed E-state index contributed by atoms with van der Waals surface area (Å²) in [5.41, 5.74) is 3.22. The number of carboxylic acid groups (broad SMARTS) is 1. The summed E-state index contributed by atoms with van der Waals surface area (Å²) in [5.74, 6) is -0.970. The summed E-state index contributed by atoms with van der Waals surface area (Å²) in [5, 5.41) is 16.3. The minimum Gasteiger partial charge on any atom is -0.480 e. The molecule has 0 unspecified atom stereocenters. The Hall–Kier alpha value is -2.38. The van der Waals surface area contributed by atoms with Gasteiger partial charge in [0.25, 0.3) is 5.91 Å². The molecule has 0 saturated heterocycles. The summed E-state index contributed by atoms with van der Waals surface area (Å²) in [6, 6.07) is 5.70. The zero-order valence-electron chi connectivity index (χ0n) is 14.4. The van der Waals surface area contributed by atoms with Gasteiger partial charge in [-0.3, -0.25) is 4.79 Å². The van der Waals surface area contributed by atoms with E-state index in [0.717, 1.165) is 29.8 Å². The number of aliphatic carboxylic acids is 1. The van der Waals surface area contributed by atoms with Crippen LogP contribution in [0.3, 0.4) is 0 Å². The quantitative estimate of drug-likeness (QED) is 0.689. The molecule has 0 aliphatic heterocycles. The van der Waals surface area contributed by atoms with E-state index in [2.05, 4.69) is 10.4 Å². The zero-order chi connectivity index (χ0) is 18.7. The fourth-order valence-corrected chi connectivity index (χ4v) is 2.87. The monoisotopic (exact) mass is 377 g/mol. The van der Waals surface area contributed by atoms with E-state index in [-0.39, 0.29) is 25.7 Å². The Balaban J connectivity index is 1.74. The smallest absolute Gasteiger partial charge is 0.329 e. The molecule has 3 rings (SSSR count). The maximum Gasteiger partial charge on any atom is 0.329 e. The Kier molecular flexibility index (Phi) is 5.58. The highest BCUT2D eigenvalue weighted by Gasteiger charge is 2.32. The lowest BCUT2D eigenvalue weighted by Gasteiger charge is -2.10. The van der Waals surface area contributed by atoms with Crippen LogP contribution in [0.25, 0.3) is 5.69 Å². The van der Waals surface area contributed by atoms with Crippen molar-refractivity contribution >= 4 is 23.5 Å². The van der Waals surface area contributed by atoms with Gasteiger partial charge in [-0.2, -0.15) is 5.10 Å². The summed E-state index contributed by atoms with van der Waals surface area (Å²) in [6.45, 7) is 1.92. The van der Waals surface area contributed by atoms with Crippen LogP contribution >= 0.6 is 11.6 Å². The number of amides is 1. The van der Waals surface area contributed by atoms with Gasteiger partial charge in [-0.05, 0) is 37.5 Å². The lowest BCUT2D eigenvalue weighted by atomic mass is 10.1. The molecule has 0 radical (unpaired) electrons. The maximum atomic E-state index is 12.5. The average molecular weight is 378 g/mol. The summed E-state index contributed by atoms with van der Waals surface area (Å²) >= 11 is 6.23. The van der Waals surface area contributed by atoms with E-state index < -0.39 is 5.97 Å². The molecule has 0 atom stereocenters. The standard InChI is InChI=1S/C18H20ClN3O4/c1-11-2-5-13(8-15(11)19)22-17(12-3-4-12)14(9-21-22)18(25)20-6-7-26-10-16(23)24/h2,5,8-9,12H,3-4,6-7,10H2,1H3,(H,20,25)(H,23,24). The summed E-state index contributed by atoms with van der Waals surface area (Å²) < 4.78 is 6.70. The molecule has 8 heteroatoms. The molecular weight excluding hydrogens is 358 g/mol. The molecule has 26 heavy (non-hydrogen) atoms. The summed E-state index contributed by atoms with van der Waals surface area (Å²) in [6.07, 6.45) is 3.61. The second-order valence-electron chi connectivity index (χ2n) is 6.27. The van der Waals surface area contributed by atoms with Crippen molar-refractivity contribution in [1.82, 2.24) is 15.1 Å². The molecule has 7 nitrogen and oxygen atoms in total. The number of aryl methyl sites for hydroxylation is 1. The predicted octanol–water partition coefficient (Wildman–Crippen LogP) is 2.54. The van der Waals surface area contributed by atoms with Crippen molar-refractivity contribution in [2.45, 2.75) is 25.7 Å². The first-order chi connectivity index (χ1) is 12.5. The second-order valence-corrected chi connectivity index (χ2v) is 6.67. The minimum atomic E-state index is -1.04. The topological polar surface area (TPSA) is 93.5 Å². The van der Waals surface area contributed by atoms with E-state index in [9.17, 15) is 9.59 Å². The maximum absolute atomic E-state index is 12.5. The fourth-order valence-electron chi connectivity index (χ4n) is 2.69. The number of aromatic nitrogens is 2. The van der Waals surface area contributed by atoms with Crippen molar-refractivity contribution in [3.63, 3.8) is 0 Å². The molecule has 1 saturated carbocycles. The van der Waals surface area contributed by atoms with Crippen LogP contribution in [-0.2, 0) is 9.53 Å². The third kappa shape index (κ3) is 4.23. The molecule has 1 aromatic heterocycles. The van der Waals surface area contributed by atoms with Gasteiger partial charge in [-0.1, -0.05) is 17.7 Å². The van der Waals surface area contributed by atoms with Crippen LogP contribution in [0, 0.1) is 6.92 Å². The van der Waals surface area contributed by atoms with Gasteiger partial charge in [0.2, 0.25) is 0 Å². The number of benzene rings is 1. The highest BCUT2D eigenvalue weighted by molar-refractivity contribution is 6.31. The highest BCUT2D eigenvalue weighted by Crippen LogP contribution is 2.42. The Morgan fingerprint density at radius 1 is 1.42 bits per heavy atom. The van der Waals surface area contributed by atoms with Crippen molar-refractivity contribution in [3.8, 4) is 5.69 Å². The first kappa shape index (κ1) is 18.4. The van der Waals surface area contributed by atoms with E-state index in [4.69, 9.17) is 21.4 Å². The van der Waals surface area contributed by atoms with Crippen LogP contribution < -0.4 is 5.32 Å². The van der Waals surface area contributed by atoms with Crippen LogP contribution in [0.5, 0.6) is 0 Å². The van der Waals surface area contributed by atoms with Crippen LogP contribution in [0.15, 0.2) is 24.4 Å². The van der Waals surface area contributed by atoms with Crippen LogP contribution in [0.2, 0.25) is 5.02 Å². The van der Waals surface area contributed by atoms with Gasteiger partial charge in [0.1, 0.15) is 6.61 Å². The molecule has 0 bridgehead atoms. The molecule has 0 spiro atoms. The number of hydrogen-bond donors (Lipinski definition) is 2. The van der Waals surface area contributed by atoms with E-state index in [1.807, 2.05) is 25.1 Å². The Labute approximate surface area is 155 Å². The van der Waals surface area contributed by atoms with E-state index in [0.29, 0.717) is 16.5 Å². The molecule has 1 aliphatic carbocycles. The molecule has 138 valence electrons. The molecular formula is C18H20ClN3O4. The average Bonchev–Trinajstić information content (AvgIpc) is 3.34. The largest absolute Gasteiger partial charge is 0.480 e. The van der Waals surface area contributed by atoms with Crippen LogP contribution in [0.4, 0.5) is 0 Å². The molecule has 2 aromatic rings.